The third-order valence-corrected chi connectivity index (χ3v) is 3.64. The fourth-order valence-electron chi connectivity index (χ4n) is 2.56. The first kappa shape index (κ1) is 12.5. The summed E-state index contributed by atoms with van der Waals surface area (Å²) in [5.41, 5.74) is 5.73. The van der Waals surface area contributed by atoms with Gasteiger partial charge in [-0.2, -0.15) is 0 Å². The van der Waals surface area contributed by atoms with Crippen LogP contribution in [0.3, 0.4) is 0 Å². The van der Waals surface area contributed by atoms with Gasteiger partial charge in [-0.1, -0.05) is 53.9 Å². The molecule has 0 atom stereocenters. The van der Waals surface area contributed by atoms with Crippen LogP contribution < -0.4 is 0 Å². The normalized spacial score (nSPS) is 10.4. The van der Waals surface area contributed by atoms with E-state index in [0.29, 0.717) is 0 Å². The highest BCUT2D eigenvalue weighted by Crippen LogP contribution is 2.28. The van der Waals surface area contributed by atoms with Crippen LogP contribution >= 0.6 is 0 Å². The quantitative estimate of drug-likeness (QED) is 0.531. The average molecular weight is 256 g/mol. The summed E-state index contributed by atoms with van der Waals surface area (Å²) < 4.78 is 0. The zero-order valence-corrected chi connectivity index (χ0v) is 11.8. The van der Waals surface area contributed by atoms with Gasteiger partial charge in [0, 0.05) is 5.56 Å². The Kier molecular flexibility index (Phi) is 3.05. The third-order valence-electron chi connectivity index (χ3n) is 3.64. The summed E-state index contributed by atoms with van der Waals surface area (Å²) in [4.78, 5) is 0. The van der Waals surface area contributed by atoms with E-state index in [2.05, 4.69) is 74.4 Å². The summed E-state index contributed by atoms with van der Waals surface area (Å²) in [5, 5.41) is 2.51. The second-order valence-electron chi connectivity index (χ2n) is 5.26. The topological polar surface area (TPSA) is 0 Å². The fraction of sp³-hybridized carbons (Fsp3) is 0.100. The van der Waals surface area contributed by atoms with Crippen LogP contribution in [0.4, 0.5) is 0 Å². The van der Waals surface area contributed by atoms with E-state index >= 15 is 0 Å². The van der Waals surface area contributed by atoms with Gasteiger partial charge in [-0.3, -0.25) is 0 Å². The predicted molar refractivity (Wildman–Crippen MR) is 86.8 cm³/mol. The van der Waals surface area contributed by atoms with Crippen molar-refractivity contribution in [1.82, 2.24) is 0 Å². The molecule has 0 heterocycles. The van der Waals surface area contributed by atoms with E-state index in [9.17, 15) is 0 Å². The highest BCUT2D eigenvalue weighted by molar-refractivity contribution is 5.88. The maximum absolute atomic E-state index is 5.64. The van der Waals surface area contributed by atoms with E-state index in [1.54, 1.807) is 0 Å². The first-order valence-electron chi connectivity index (χ1n) is 6.75. The molecule has 0 unspecified atom stereocenters. The smallest absolute Gasteiger partial charge is 0.0323 e. The van der Waals surface area contributed by atoms with E-state index in [4.69, 9.17) is 6.42 Å². The van der Waals surface area contributed by atoms with Gasteiger partial charge in [-0.15, -0.1) is 6.42 Å². The van der Waals surface area contributed by atoms with Crippen molar-refractivity contribution in [2.24, 2.45) is 0 Å². The number of terminal acetylenes is 1. The highest BCUT2D eigenvalue weighted by atomic mass is 14.1. The van der Waals surface area contributed by atoms with Gasteiger partial charge in [-0.25, -0.2) is 0 Å². The average Bonchev–Trinajstić information content (AvgIpc) is 2.46. The third kappa shape index (κ3) is 2.19. The minimum atomic E-state index is 0.955. The van der Waals surface area contributed by atoms with Crippen molar-refractivity contribution >= 4 is 10.8 Å². The molecular weight excluding hydrogens is 240 g/mol. The summed E-state index contributed by atoms with van der Waals surface area (Å²) in [6, 6.07) is 19.3. The van der Waals surface area contributed by atoms with Crippen molar-refractivity contribution in [3.63, 3.8) is 0 Å². The zero-order chi connectivity index (χ0) is 14.1. The van der Waals surface area contributed by atoms with Gasteiger partial charge in [0.1, 0.15) is 0 Å². The van der Waals surface area contributed by atoms with Crippen LogP contribution in [0.15, 0.2) is 54.6 Å². The Morgan fingerprint density at radius 3 is 2.20 bits per heavy atom. The lowest BCUT2D eigenvalue weighted by Crippen LogP contribution is -1.86. The molecule has 0 aromatic heterocycles. The monoisotopic (exact) mass is 256 g/mol. The SMILES string of the molecule is C#Cc1cc(C)ccc1-c1ccc2cc(C)ccc2c1. The van der Waals surface area contributed by atoms with Crippen LogP contribution in [0.25, 0.3) is 21.9 Å². The fourth-order valence-corrected chi connectivity index (χ4v) is 2.56. The van der Waals surface area contributed by atoms with Crippen molar-refractivity contribution in [3.05, 3.63) is 71.3 Å². The summed E-state index contributed by atoms with van der Waals surface area (Å²) in [5.74, 6) is 2.79. The number of fused-ring (bicyclic) bond motifs is 1. The molecule has 3 aromatic rings. The number of aryl methyl sites for hydroxylation is 2. The molecule has 96 valence electrons. The lowest BCUT2D eigenvalue weighted by atomic mass is 9.95. The number of rotatable bonds is 1. The molecule has 20 heavy (non-hydrogen) atoms. The maximum atomic E-state index is 5.64. The molecule has 0 spiro atoms. The van der Waals surface area contributed by atoms with E-state index in [0.717, 1.165) is 11.1 Å². The lowest BCUT2D eigenvalue weighted by molar-refractivity contribution is 1.45. The largest absolute Gasteiger partial charge is 0.115 e. The first-order valence-corrected chi connectivity index (χ1v) is 6.75. The molecule has 0 aliphatic heterocycles. The first-order chi connectivity index (χ1) is 9.67. The molecule has 0 aliphatic rings. The number of hydrogen-bond acceptors (Lipinski definition) is 0. The molecule has 0 fully saturated rings. The second-order valence-corrected chi connectivity index (χ2v) is 5.26. The number of benzene rings is 3. The van der Waals surface area contributed by atoms with Crippen molar-refractivity contribution in [1.29, 1.82) is 0 Å². The Morgan fingerprint density at radius 1 is 0.750 bits per heavy atom. The van der Waals surface area contributed by atoms with Crippen molar-refractivity contribution in [2.45, 2.75) is 13.8 Å². The van der Waals surface area contributed by atoms with Crippen LogP contribution in [0.5, 0.6) is 0 Å². The van der Waals surface area contributed by atoms with Gasteiger partial charge in [0.25, 0.3) is 0 Å². The zero-order valence-electron chi connectivity index (χ0n) is 11.8. The predicted octanol–water partition coefficient (Wildman–Crippen LogP) is 5.10. The van der Waals surface area contributed by atoms with Crippen LogP contribution in [0.1, 0.15) is 16.7 Å². The molecule has 0 bridgehead atoms. The molecule has 0 saturated carbocycles. The van der Waals surface area contributed by atoms with Crippen molar-refractivity contribution in [3.8, 4) is 23.5 Å². The molecule has 0 aliphatic carbocycles. The summed E-state index contributed by atoms with van der Waals surface area (Å²) in [6.07, 6.45) is 5.64. The van der Waals surface area contributed by atoms with E-state index in [1.165, 1.54) is 27.5 Å². The van der Waals surface area contributed by atoms with Gasteiger partial charge in [0.15, 0.2) is 0 Å². The molecule has 0 heteroatoms. The minimum absolute atomic E-state index is 0.955. The van der Waals surface area contributed by atoms with Gasteiger partial charge >= 0.3 is 0 Å². The van der Waals surface area contributed by atoms with Crippen LogP contribution in [-0.2, 0) is 0 Å². The van der Waals surface area contributed by atoms with E-state index in [-0.39, 0.29) is 0 Å². The Labute approximate surface area is 120 Å². The van der Waals surface area contributed by atoms with E-state index < -0.39 is 0 Å². The van der Waals surface area contributed by atoms with Crippen molar-refractivity contribution < 1.29 is 0 Å². The maximum Gasteiger partial charge on any atom is 0.0323 e. The summed E-state index contributed by atoms with van der Waals surface area (Å²) >= 11 is 0. The Morgan fingerprint density at radius 2 is 1.40 bits per heavy atom. The highest BCUT2D eigenvalue weighted by Gasteiger charge is 2.05. The van der Waals surface area contributed by atoms with Gasteiger partial charge in [-0.05, 0) is 53.4 Å². The van der Waals surface area contributed by atoms with Crippen molar-refractivity contribution in [2.75, 3.05) is 0 Å². The molecule has 0 saturated heterocycles. The lowest BCUT2D eigenvalue weighted by Gasteiger charge is -2.08. The number of hydrogen-bond donors (Lipinski definition) is 0. The summed E-state index contributed by atoms with van der Waals surface area (Å²) in [7, 11) is 0. The molecule has 0 nitrogen and oxygen atoms in total. The Hall–Kier alpha value is -2.52. The summed E-state index contributed by atoms with van der Waals surface area (Å²) in [6.45, 7) is 4.18. The van der Waals surface area contributed by atoms with Gasteiger partial charge < -0.3 is 0 Å². The standard InChI is InChI=1S/C20H16/c1-4-16-11-15(3)6-10-20(16)19-9-8-17-12-14(2)5-7-18(17)13-19/h1,5-13H,2-3H3. The van der Waals surface area contributed by atoms with Crippen LogP contribution in [0.2, 0.25) is 0 Å². The second kappa shape index (κ2) is 4.87. The molecule has 0 N–H and O–H groups in total. The van der Waals surface area contributed by atoms with Gasteiger partial charge in [0.2, 0.25) is 0 Å². The molecule has 0 amide bonds. The van der Waals surface area contributed by atoms with Gasteiger partial charge in [0.05, 0.1) is 0 Å². The Bertz CT molecular complexity index is 832. The van der Waals surface area contributed by atoms with Crippen LogP contribution in [0, 0.1) is 26.2 Å². The molecule has 3 aromatic carbocycles. The molecule has 0 radical (unpaired) electrons. The minimum Gasteiger partial charge on any atom is -0.115 e. The Balaban J connectivity index is 2.20. The molecular formula is C20H16. The van der Waals surface area contributed by atoms with Crippen LogP contribution in [-0.4, -0.2) is 0 Å². The molecule has 3 rings (SSSR count). The van der Waals surface area contributed by atoms with E-state index in [1.807, 2.05) is 0 Å².